The van der Waals surface area contributed by atoms with E-state index in [1.54, 1.807) is 0 Å². The zero-order valence-electron chi connectivity index (χ0n) is 13.4. The molecule has 1 aliphatic heterocycles. The van der Waals surface area contributed by atoms with Gasteiger partial charge >= 0.3 is 12.2 Å². The number of alkyl halides is 3. The molecule has 2 amide bonds. The van der Waals surface area contributed by atoms with Gasteiger partial charge in [-0.15, -0.1) is 0 Å². The lowest BCUT2D eigenvalue weighted by atomic mass is 10.1. The fourth-order valence-corrected chi connectivity index (χ4v) is 2.92. The Morgan fingerprint density at radius 3 is 2.58 bits per heavy atom. The van der Waals surface area contributed by atoms with Crippen LogP contribution in [0.2, 0.25) is 5.02 Å². The van der Waals surface area contributed by atoms with Crippen molar-refractivity contribution in [2.24, 2.45) is 0 Å². The number of hydrogen-bond acceptors (Lipinski definition) is 2. The van der Waals surface area contributed by atoms with Gasteiger partial charge in [-0.1, -0.05) is 18.5 Å². The summed E-state index contributed by atoms with van der Waals surface area (Å²) in [5.41, 5.74) is -0.900. The summed E-state index contributed by atoms with van der Waals surface area (Å²) in [4.78, 5) is 14.4. The van der Waals surface area contributed by atoms with Gasteiger partial charge in [0.1, 0.15) is 0 Å². The number of anilines is 1. The summed E-state index contributed by atoms with van der Waals surface area (Å²) in [6.07, 6.45) is -1.75. The molecule has 0 spiro atoms. The Kier molecular flexibility index (Phi) is 6.34. The van der Waals surface area contributed by atoms with Crippen LogP contribution in [-0.2, 0) is 6.18 Å². The van der Waals surface area contributed by atoms with E-state index < -0.39 is 17.8 Å². The van der Waals surface area contributed by atoms with Crippen molar-refractivity contribution in [3.8, 4) is 0 Å². The normalized spacial score (nSPS) is 16.9. The summed E-state index contributed by atoms with van der Waals surface area (Å²) < 4.78 is 38.2. The Balaban J connectivity index is 1.91. The maximum absolute atomic E-state index is 12.7. The summed E-state index contributed by atoms with van der Waals surface area (Å²) in [7, 11) is 0. The zero-order valence-corrected chi connectivity index (χ0v) is 14.2. The number of amides is 2. The van der Waals surface area contributed by atoms with Crippen LogP contribution < -0.4 is 10.6 Å². The van der Waals surface area contributed by atoms with Crippen molar-refractivity contribution in [2.45, 2.75) is 38.4 Å². The van der Waals surface area contributed by atoms with E-state index in [4.69, 9.17) is 11.6 Å². The molecule has 24 heavy (non-hydrogen) atoms. The number of nitrogens with one attached hydrogen (secondary N) is 2. The van der Waals surface area contributed by atoms with Gasteiger partial charge < -0.3 is 15.5 Å². The third-order valence-corrected chi connectivity index (χ3v) is 4.33. The minimum Gasteiger partial charge on any atom is -0.335 e. The van der Waals surface area contributed by atoms with Crippen molar-refractivity contribution in [2.75, 3.05) is 25.0 Å². The Morgan fingerprint density at radius 1 is 1.33 bits per heavy atom. The van der Waals surface area contributed by atoms with Gasteiger partial charge in [-0.3, -0.25) is 0 Å². The van der Waals surface area contributed by atoms with E-state index in [2.05, 4.69) is 22.5 Å². The van der Waals surface area contributed by atoms with Crippen molar-refractivity contribution in [1.82, 2.24) is 10.2 Å². The number of likely N-dealkylation sites (tertiary alicyclic amines) is 1. The predicted molar refractivity (Wildman–Crippen MR) is 88.4 cm³/mol. The van der Waals surface area contributed by atoms with Gasteiger partial charge in [0.15, 0.2) is 0 Å². The molecule has 0 unspecified atom stereocenters. The Hall–Kier alpha value is -1.47. The first-order valence-electron chi connectivity index (χ1n) is 7.96. The molecular formula is C16H21ClF3N3O. The Bertz CT molecular complexity index is 572. The van der Waals surface area contributed by atoms with Crippen molar-refractivity contribution < 1.29 is 18.0 Å². The second kappa shape index (κ2) is 8.07. The zero-order chi connectivity index (χ0) is 17.7. The lowest BCUT2D eigenvalue weighted by Crippen LogP contribution is -2.46. The van der Waals surface area contributed by atoms with Crippen LogP contribution in [-0.4, -0.2) is 36.6 Å². The molecule has 134 valence electrons. The molecule has 4 nitrogen and oxygen atoms in total. The van der Waals surface area contributed by atoms with Gasteiger partial charge in [0.25, 0.3) is 0 Å². The molecule has 0 atom stereocenters. The highest BCUT2D eigenvalue weighted by molar-refractivity contribution is 6.33. The third-order valence-electron chi connectivity index (χ3n) is 4.00. The molecule has 0 saturated carbocycles. The summed E-state index contributed by atoms with van der Waals surface area (Å²) in [5.74, 6) is 0. The smallest absolute Gasteiger partial charge is 0.335 e. The fraction of sp³-hybridized carbons (Fsp3) is 0.562. The SMILES string of the molecule is CCCN1CCC(NC(=O)Nc2cc(C(F)(F)F)ccc2Cl)CC1. The highest BCUT2D eigenvalue weighted by atomic mass is 35.5. The first-order valence-corrected chi connectivity index (χ1v) is 8.34. The molecule has 8 heteroatoms. The van der Waals surface area contributed by atoms with Gasteiger partial charge in [0, 0.05) is 19.1 Å². The minimum absolute atomic E-state index is 0.0164. The maximum atomic E-state index is 12.7. The largest absolute Gasteiger partial charge is 0.416 e. The molecule has 1 aliphatic rings. The van der Waals surface area contributed by atoms with Gasteiger partial charge in [0.05, 0.1) is 16.3 Å². The van der Waals surface area contributed by atoms with Crippen molar-refractivity contribution >= 4 is 23.3 Å². The molecule has 1 heterocycles. The summed E-state index contributed by atoms with van der Waals surface area (Å²) in [5, 5.41) is 5.28. The fourth-order valence-electron chi connectivity index (χ4n) is 2.76. The van der Waals surface area contributed by atoms with E-state index in [9.17, 15) is 18.0 Å². The number of halogens is 4. The van der Waals surface area contributed by atoms with Crippen LogP contribution in [0.1, 0.15) is 31.7 Å². The summed E-state index contributed by atoms with van der Waals surface area (Å²) in [6, 6.07) is 2.33. The van der Waals surface area contributed by atoms with Crippen LogP contribution in [0.5, 0.6) is 0 Å². The van der Waals surface area contributed by atoms with Crippen molar-refractivity contribution in [3.05, 3.63) is 28.8 Å². The van der Waals surface area contributed by atoms with Gasteiger partial charge in [0.2, 0.25) is 0 Å². The average Bonchev–Trinajstić information content (AvgIpc) is 2.50. The van der Waals surface area contributed by atoms with Crippen molar-refractivity contribution in [1.29, 1.82) is 0 Å². The quantitative estimate of drug-likeness (QED) is 0.835. The summed E-state index contributed by atoms with van der Waals surface area (Å²) >= 11 is 5.87. The van der Waals surface area contributed by atoms with E-state index in [1.807, 2.05) is 0 Å². The second-order valence-electron chi connectivity index (χ2n) is 5.91. The average molecular weight is 364 g/mol. The van der Waals surface area contributed by atoms with Crippen LogP contribution in [0.4, 0.5) is 23.7 Å². The molecule has 0 bridgehead atoms. The van der Waals surface area contributed by atoms with E-state index in [0.29, 0.717) is 0 Å². The Morgan fingerprint density at radius 2 is 2.00 bits per heavy atom. The Labute approximate surface area is 144 Å². The van der Waals surface area contributed by atoms with Gasteiger partial charge in [-0.2, -0.15) is 13.2 Å². The van der Waals surface area contributed by atoms with E-state index in [1.165, 1.54) is 0 Å². The van der Waals surface area contributed by atoms with Crippen LogP contribution in [0.3, 0.4) is 0 Å². The molecule has 0 aliphatic carbocycles. The number of hydrogen-bond donors (Lipinski definition) is 2. The molecule has 0 aromatic heterocycles. The number of piperidine rings is 1. The maximum Gasteiger partial charge on any atom is 0.416 e. The standard InChI is InChI=1S/C16H21ClF3N3O/c1-2-7-23-8-5-12(6-9-23)21-15(24)22-14-10-11(16(18,19)20)3-4-13(14)17/h3-4,10,12H,2,5-9H2,1H3,(H2,21,22,24). The molecule has 1 aromatic carbocycles. The number of benzene rings is 1. The van der Waals surface area contributed by atoms with E-state index in [-0.39, 0.29) is 16.8 Å². The molecule has 0 radical (unpaired) electrons. The third kappa shape index (κ3) is 5.27. The van der Waals surface area contributed by atoms with Crippen LogP contribution >= 0.6 is 11.6 Å². The van der Waals surface area contributed by atoms with Gasteiger partial charge in [-0.05, 0) is 44.0 Å². The molecule has 1 saturated heterocycles. The first-order chi connectivity index (χ1) is 11.3. The minimum atomic E-state index is -4.48. The molecule has 1 fully saturated rings. The van der Waals surface area contributed by atoms with E-state index >= 15 is 0 Å². The summed E-state index contributed by atoms with van der Waals surface area (Å²) in [6.45, 7) is 4.97. The first kappa shape index (κ1) is 18.9. The van der Waals surface area contributed by atoms with E-state index in [0.717, 1.165) is 57.1 Å². The topological polar surface area (TPSA) is 44.4 Å². The van der Waals surface area contributed by atoms with Crippen molar-refractivity contribution in [3.63, 3.8) is 0 Å². The van der Waals surface area contributed by atoms with Crippen LogP contribution in [0.15, 0.2) is 18.2 Å². The molecular weight excluding hydrogens is 343 g/mol. The molecule has 1 aromatic rings. The lowest BCUT2D eigenvalue weighted by Gasteiger charge is -2.32. The number of carbonyl (C=O) groups is 1. The predicted octanol–water partition coefficient (Wildman–Crippen LogP) is 4.35. The number of nitrogens with zero attached hydrogens (tertiary/aromatic N) is 1. The van der Waals surface area contributed by atoms with Crippen LogP contribution in [0.25, 0.3) is 0 Å². The highest BCUT2D eigenvalue weighted by Gasteiger charge is 2.31. The number of rotatable bonds is 4. The molecule has 2 N–H and O–H groups in total. The monoisotopic (exact) mass is 363 g/mol. The number of urea groups is 1. The lowest BCUT2D eigenvalue weighted by molar-refractivity contribution is -0.137. The van der Waals surface area contributed by atoms with Gasteiger partial charge in [-0.25, -0.2) is 4.79 Å². The molecule has 2 rings (SSSR count). The van der Waals surface area contributed by atoms with Crippen LogP contribution in [0, 0.1) is 0 Å². The second-order valence-corrected chi connectivity index (χ2v) is 6.31. The number of carbonyl (C=O) groups excluding carboxylic acids is 1. The highest BCUT2D eigenvalue weighted by Crippen LogP contribution is 2.33.